The van der Waals surface area contributed by atoms with Crippen molar-refractivity contribution in [2.24, 2.45) is 0 Å². The number of carbonyl (C=O) groups is 1. The van der Waals surface area contributed by atoms with Crippen molar-refractivity contribution in [2.75, 3.05) is 13.2 Å². The minimum Gasteiger partial charge on any atom is -0.332 e. The smallest absolute Gasteiger partial charge is 0.332 e. The number of nitrogens with one attached hydrogen (secondary N) is 1. The Morgan fingerprint density at radius 1 is 1.22 bits per heavy atom. The summed E-state index contributed by atoms with van der Waals surface area (Å²) < 4.78 is 37.9. The van der Waals surface area contributed by atoms with Crippen LogP contribution in [0.25, 0.3) is 6.08 Å². The van der Waals surface area contributed by atoms with Crippen LogP contribution in [-0.4, -0.2) is 24.8 Å². The average molecular weight is 516 g/mol. The molecule has 1 saturated heterocycles. The van der Waals surface area contributed by atoms with Gasteiger partial charge < -0.3 is 14.4 Å². The zero-order chi connectivity index (χ0) is 23.1. The van der Waals surface area contributed by atoms with Crippen LogP contribution in [0.15, 0.2) is 59.5 Å². The van der Waals surface area contributed by atoms with Crippen molar-refractivity contribution >= 4 is 54.5 Å². The lowest BCUT2D eigenvalue weighted by Gasteiger charge is -2.29. The molecule has 1 atom stereocenters. The van der Waals surface area contributed by atoms with Crippen molar-refractivity contribution in [3.8, 4) is 0 Å². The molecular formula is C22H21Cl2FNO4PS. The monoisotopic (exact) mass is 515 g/mol. The van der Waals surface area contributed by atoms with Crippen molar-refractivity contribution < 1.29 is 22.8 Å². The first-order valence-corrected chi connectivity index (χ1v) is 12.9. The summed E-state index contributed by atoms with van der Waals surface area (Å²) in [6.45, 7) is 4.20. The number of benzene rings is 2. The number of amides is 1. The fraction of sp³-hybridized carbons (Fsp3) is 0.227. The van der Waals surface area contributed by atoms with Gasteiger partial charge in [-0.15, -0.1) is 0 Å². The predicted octanol–water partition coefficient (Wildman–Crippen LogP) is 6.70. The Morgan fingerprint density at radius 3 is 2.66 bits per heavy atom. The van der Waals surface area contributed by atoms with Crippen LogP contribution in [0.1, 0.15) is 17.5 Å². The molecule has 2 aromatic rings. The van der Waals surface area contributed by atoms with Crippen LogP contribution < -0.4 is 5.32 Å². The number of rotatable bonds is 8. The number of halogens is 3. The highest BCUT2D eigenvalue weighted by atomic mass is 35.5. The van der Waals surface area contributed by atoms with Crippen molar-refractivity contribution in [2.45, 2.75) is 23.4 Å². The molecule has 1 fully saturated rings. The van der Waals surface area contributed by atoms with Gasteiger partial charge in [-0.3, -0.25) is 9.36 Å². The molecule has 0 aliphatic carbocycles. The molecule has 1 amide bonds. The summed E-state index contributed by atoms with van der Waals surface area (Å²) in [6, 6.07) is 9.26. The van der Waals surface area contributed by atoms with E-state index in [0.717, 1.165) is 10.5 Å². The lowest BCUT2D eigenvalue weighted by Crippen LogP contribution is -2.35. The SMILES string of the molecule is C=CSc1ccc(Cl)cc1CC(C(=O)N/C=C/c1cc(F)cc(Cl)c1)P1(=O)OCCCO1. The van der Waals surface area contributed by atoms with Crippen molar-refractivity contribution in [1.29, 1.82) is 0 Å². The zero-order valence-electron chi connectivity index (χ0n) is 16.9. The van der Waals surface area contributed by atoms with Gasteiger partial charge in [0.2, 0.25) is 5.91 Å². The van der Waals surface area contributed by atoms with Gasteiger partial charge in [-0.1, -0.05) is 41.5 Å². The molecule has 0 saturated carbocycles. The molecule has 1 N–H and O–H groups in total. The molecule has 1 aliphatic rings. The molecule has 0 aromatic heterocycles. The van der Waals surface area contributed by atoms with E-state index >= 15 is 0 Å². The van der Waals surface area contributed by atoms with E-state index in [1.54, 1.807) is 23.6 Å². The Bertz CT molecular complexity index is 1050. The largest absolute Gasteiger partial charge is 0.343 e. The molecule has 0 bridgehead atoms. The third kappa shape index (κ3) is 6.70. The maximum absolute atomic E-state index is 13.5. The Kier molecular flexibility index (Phi) is 9.00. The standard InChI is InChI=1S/C22H21Cl2FNO4PS/c1-2-32-21-5-4-17(23)12-16(21)13-20(31(28)29-8-3-9-30-31)22(27)26-7-6-15-10-18(24)14-19(25)11-15/h2,4-7,10-12,14,20H,1,3,8-9,13H2,(H,26,27)/b7-6+. The Hall–Kier alpha value is -1.60. The summed E-state index contributed by atoms with van der Waals surface area (Å²) in [6.07, 6.45) is 3.50. The predicted molar refractivity (Wildman–Crippen MR) is 128 cm³/mol. The molecule has 5 nitrogen and oxygen atoms in total. The second-order valence-corrected chi connectivity index (χ2v) is 11.0. The van der Waals surface area contributed by atoms with Gasteiger partial charge in [0.05, 0.1) is 13.2 Å². The minimum atomic E-state index is -3.73. The van der Waals surface area contributed by atoms with E-state index in [9.17, 15) is 13.8 Å². The van der Waals surface area contributed by atoms with Gasteiger partial charge in [0.1, 0.15) is 11.5 Å². The molecule has 3 rings (SSSR count). The van der Waals surface area contributed by atoms with Crippen molar-refractivity contribution in [1.82, 2.24) is 5.32 Å². The normalized spacial score (nSPS) is 16.6. The third-order valence-corrected chi connectivity index (χ3v) is 8.09. The Balaban J connectivity index is 1.85. The van der Waals surface area contributed by atoms with Crippen LogP contribution in [0, 0.1) is 5.82 Å². The maximum atomic E-state index is 13.5. The lowest BCUT2D eigenvalue weighted by atomic mass is 10.1. The van der Waals surface area contributed by atoms with Gasteiger partial charge in [-0.25, -0.2) is 4.39 Å². The number of hydrogen-bond acceptors (Lipinski definition) is 5. The topological polar surface area (TPSA) is 64.6 Å². The molecular weight excluding hydrogens is 495 g/mol. The number of hydrogen-bond donors (Lipinski definition) is 1. The van der Waals surface area contributed by atoms with Crippen LogP contribution in [0.4, 0.5) is 4.39 Å². The quantitative estimate of drug-likeness (QED) is 0.313. The highest BCUT2D eigenvalue weighted by Gasteiger charge is 2.43. The molecule has 170 valence electrons. The average Bonchev–Trinajstić information content (AvgIpc) is 2.73. The van der Waals surface area contributed by atoms with Gasteiger partial charge in [-0.2, -0.15) is 0 Å². The van der Waals surface area contributed by atoms with E-state index in [1.165, 1.54) is 36.2 Å². The third-order valence-electron chi connectivity index (χ3n) is 4.55. The highest BCUT2D eigenvalue weighted by molar-refractivity contribution is 8.02. The van der Waals surface area contributed by atoms with Crippen LogP contribution in [-0.2, 0) is 24.8 Å². The summed E-state index contributed by atoms with van der Waals surface area (Å²) in [4.78, 5) is 13.9. The second-order valence-electron chi connectivity index (χ2n) is 6.86. The minimum absolute atomic E-state index is 0.0828. The summed E-state index contributed by atoms with van der Waals surface area (Å²) in [5.41, 5.74) is 0.0748. The van der Waals surface area contributed by atoms with E-state index in [2.05, 4.69) is 11.9 Å². The Labute approximate surface area is 200 Å². The molecule has 10 heteroatoms. The van der Waals surface area contributed by atoms with E-state index in [1.807, 2.05) is 6.07 Å². The number of carbonyl (C=O) groups excluding carboxylic acids is 1. The summed E-state index contributed by atoms with van der Waals surface area (Å²) >= 11 is 13.4. The first-order valence-electron chi connectivity index (χ1n) is 9.68. The second kappa shape index (κ2) is 11.5. The van der Waals surface area contributed by atoms with Crippen LogP contribution >= 0.6 is 42.6 Å². The molecule has 0 spiro atoms. The molecule has 1 heterocycles. The van der Waals surface area contributed by atoms with Gasteiger partial charge >= 0.3 is 7.60 Å². The van der Waals surface area contributed by atoms with E-state index < -0.39 is 25.0 Å². The van der Waals surface area contributed by atoms with Crippen LogP contribution in [0.2, 0.25) is 10.0 Å². The van der Waals surface area contributed by atoms with Gasteiger partial charge in [0.25, 0.3) is 0 Å². The highest BCUT2D eigenvalue weighted by Crippen LogP contribution is 2.56. The first-order chi connectivity index (χ1) is 15.3. The van der Waals surface area contributed by atoms with Gasteiger partial charge in [-0.05, 0) is 71.9 Å². The molecule has 2 aromatic carbocycles. The van der Waals surface area contributed by atoms with E-state index in [4.69, 9.17) is 32.2 Å². The summed E-state index contributed by atoms with van der Waals surface area (Å²) in [5, 5.41) is 4.98. The van der Waals surface area contributed by atoms with E-state index in [-0.39, 0.29) is 24.7 Å². The summed E-state index contributed by atoms with van der Waals surface area (Å²) in [7, 11) is -3.73. The molecule has 1 aliphatic heterocycles. The molecule has 1 unspecified atom stereocenters. The lowest BCUT2D eigenvalue weighted by molar-refractivity contribution is -0.120. The zero-order valence-corrected chi connectivity index (χ0v) is 20.2. The number of thioether (sulfide) groups is 1. The maximum Gasteiger partial charge on any atom is 0.343 e. The van der Waals surface area contributed by atoms with Crippen LogP contribution in [0.5, 0.6) is 0 Å². The Morgan fingerprint density at radius 2 is 1.97 bits per heavy atom. The van der Waals surface area contributed by atoms with Crippen molar-refractivity contribution in [3.05, 3.63) is 81.6 Å². The molecule has 32 heavy (non-hydrogen) atoms. The fourth-order valence-electron chi connectivity index (χ4n) is 3.12. The first kappa shape index (κ1) is 25.0. The summed E-state index contributed by atoms with van der Waals surface area (Å²) in [5.74, 6) is -1.05. The fourth-order valence-corrected chi connectivity index (χ4v) is 6.14. The van der Waals surface area contributed by atoms with Crippen LogP contribution in [0.3, 0.4) is 0 Å². The van der Waals surface area contributed by atoms with Gasteiger partial charge in [0, 0.05) is 21.1 Å². The van der Waals surface area contributed by atoms with E-state index in [0.29, 0.717) is 17.0 Å². The molecule has 0 radical (unpaired) electrons. The van der Waals surface area contributed by atoms with Gasteiger partial charge in [0.15, 0.2) is 0 Å². The van der Waals surface area contributed by atoms with Crippen molar-refractivity contribution in [3.63, 3.8) is 0 Å².